The molecule has 115 heavy (non-hydrogen) atoms. The third-order valence-electron chi connectivity index (χ3n) is 18.0. The molecule has 4 amide bonds. The topological polar surface area (TPSA) is 368 Å². The average molecular weight is 1720 g/mol. The number of halogens is 11. The number of hydrogen-bond donors (Lipinski definition) is 12. The van der Waals surface area contributed by atoms with Crippen LogP contribution in [0.1, 0.15) is 103 Å². The fraction of sp³-hybridized carbons (Fsp3) is 0.257. The lowest BCUT2D eigenvalue weighted by Gasteiger charge is -2.33. The van der Waals surface area contributed by atoms with Gasteiger partial charge in [0.05, 0.1) is 128 Å². The van der Waals surface area contributed by atoms with E-state index in [0.29, 0.717) is 33.4 Å². The Labute approximate surface area is 657 Å². The Morgan fingerprint density at radius 2 is 0.922 bits per heavy atom. The molecule has 0 unspecified atom stereocenters. The molecule has 1 saturated heterocycles. The Morgan fingerprint density at radius 3 is 1.39 bits per heavy atom. The van der Waals surface area contributed by atoms with Crippen LogP contribution in [0, 0.1) is 38.5 Å². The number of imidazole rings is 4. The molecule has 2 saturated carbocycles. The summed E-state index contributed by atoms with van der Waals surface area (Å²) in [7, 11) is 0. The van der Waals surface area contributed by atoms with Gasteiger partial charge < -0.3 is 46.6 Å². The number of carbonyl (C=O) groups excluding carboxylic acids is 4. The predicted octanol–water partition coefficient (Wildman–Crippen LogP) is 11.2. The number of rotatable bonds is 27. The lowest BCUT2D eigenvalue weighted by Crippen LogP contribution is -2.36. The number of aliphatic hydroxyl groups is 4. The first-order valence-electron chi connectivity index (χ1n) is 35.1. The number of benzene rings is 4. The number of hydrogen-bond acceptors (Lipinski definition) is 22. The molecule has 3 aliphatic rings. The second-order valence-corrected chi connectivity index (χ2v) is 26.8. The number of nitrogens with one attached hydrogen (secondary N) is 8. The zero-order valence-electron chi connectivity index (χ0n) is 59.9. The van der Waals surface area contributed by atoms with Crippen molar-refractivity contribution in [3.8, 4) is 0 Å². The number of amides is 4. The minimum atomic E-state index is -4.88. The number of aliphatic hydroxyl groups excluding tert-OH is 4. The van der Waals surface area contributed by atoms with Crippen LogP contribution in [0.5, 0.6) is 0 Å². The van der Waals surface area contributed by atoms with E-state index in [9.17, 15) is 63.1 Å². The lowest BCUT2D eigenvalue weighted by atomic mass is 9.80. The van der Waals surface area contributed by atoms with Crippen molar-refractivity contribution in [3.05, 3.63) is 225 Å². The highest BCUT2D eigenvalue weighted by atomic mass is 127. The Bertz CT molecular complexity index is 5360. The fourth-order valence-electron chi connectivity index (χ4n) is 11.7. The SMILES string of the molecule is O=C(NOCCO)c1cc(F)c2cncn2c1Nc1ccc(C2CCC2)cc1F.O=C(NOCCO)c1cc(F)c2cncn2c1Nc1ccc(N2CCC2)cc1F.O=C(NOCCO)c1ccc2cncn2c1Nc1ccc(C2(F)CC2)cc1F.O=C(NOCCO)c1nc(C(F)(F)F)c2cncn2c1Nc1ccc(I)cc1F. The Morgan fingerprint density at radius 1 is 0.478 bits per heavy atom. The molecule has 30 nitrogen and oxygen atoms in total. The van der Waals surface area contributed by atoms with Crippen molar-refractivity contribution in [2.24, 2.45) is 0 Å². The second-order valence-electron chi connectivity index (χ2n) is 25.6. The largest absolute Gasteiger partial charge is 0.435 e. The number of alkyl halides is 4. The number of fused-ring (bicyclic) bond motifs is 4. The van der Waals surface area contributed by atoms with Crippen LogP contribution in [0.15, 0.2) is 147 Å². The van der Waals surface area contributed by atoms with E-state index < -0.39 is 93.9 Å². The molecule has 0 radical (unpaired) electrons. The van der Waals surface area contributed by atoms with Crippen molar-refractivity contribution in [1.29, 1.82) is 0 Å². The maximum Gasteiger partial charge on any atom is 0.435 e. The predicted molar refractivity (Wildman–Crippen MR) is 402 cm³/mol. The number of carbonyl (C=O) groups is 4. The van der Waals surface area contributed by atoms with Crippen molar-refractivity contribution in [2.45, 2.75) is 56.3 Å². The molecule has 3 fully saturated rings. The Hall–Kier alpha value is -11.8. The molecular formula is C74H69F10IN18O12. The van der Waals surface area contributed by atoms with Crippen LogP contribution >= 0.6 is 22.6 Å². The van der Waals surface area contributed by atoms with Gasteiger partial charge in [-0.2, -0.15) is 13.2 Å². The summed E-state index contributed by atoms with van der Waals surface area (Å²) in [5, 5.41) is 46.2. The van der Waals surface area contributed by atoms with Gasteiger partial charge in [-0.05, 0) is 157 Å². The van der Waals surface area contributed by atoms with Crippen molar-refractivity contribution >= 4 is 120 Å². The molecule has 8 aromatic heterocycles. The van der Waals surface area contributed by atoms with Gasteiger partial charge in [0, 0.05) is 22.3 Å². The van der Waals surface area contributed by atoms with Crippen LogP contribution in [0.2, 0.25) is 0 Å². The molecule has 2 aliphatic carbocycles. The Balaban J connectivity index is 0.000000142. The summed E-state index contributed by atoms with van der Waals surface area (Å²) in [5.74, 6) is -6.17. The molecule has 0 atom stereocenters. The number of pyridine rings is 3. The highest BCUT2D eigenvalue weighted by Gasteiger charge is 2.45. The number of nitrogens with zero attached hydrogens (tertiary/aromatic N) is 10. The average Bonchev–Trinajstić information content (AvgIpc) is 1.74. The minimum Gasteiger partial charge on any atom is -0.394 e. The van der Waals surface area contributed by atoms with Gasteiger partial charge in [0.1, 0.15) is 100 Å². The van der Waals surface area contributed by atoms with Crippen LogP contribution in [-0.4, -0.2) is 153 Å². The lowest BCUT2D eigenvalue weighted by molar-refractivity contribution is -0.140. The summed E-state index contributed by atoms with van der Waals surface area (Å²) in [6.07, 6.45) is 10.5. The van der Waals surface area contributed by atoms with Crippen molar-refractivity contribution in [3.63, 3.8) is 0 Å². The molecule has 12 aromatic rings. The highest BCUT2D eigenvalue weighted by molar-refractivity contribution is 14.1. The zero-order chi connectivity index (χ0) is 81.7. The summed E-state index contributed by atoms with van der Waals surface area (Å²) in [6.45, 7) is -0.106. The summed E-state index contributed by atoms with van der Waals surface area (Å²) < 4.78 is 147. The van der Waals surface area contributed by atoms with E-state index in [1.54, 1.807) is 47.0 Å². The third-order valence-corrected chi connectivity index (χ3v) is 18.6. The van der Waals surface area contributed by atoms with Crippen LogP contribution < -0.4 is 48.1 Å². The smallest absolute Gasteiger partial charge is 0.394 e. The molecule has 1 aliphatic heterocycles. The summed E-state index contributed by atoms with van der Waals surface area (Å²) in [6, 6.07) is 23.3. The van der Waals surface area contributed by atoms with Crippen molar-refractivity contribution in [2.75, 3.05) is 92.1 Å². The molecule has 9 heterocycles. The molecule has 0 spiro atoms. The van der Waals surface area contributed by atoms with Crippen LogP contribution in [0.3, 0.4) is 0 Å². The summed E-state index contributed by atoms with van der Waals surface area (Å²) in [4.78, 5) is 90.0. The first kappa shape index (κ1) is 82.6. The van der Waals surface area contributed by atoms with E-state index >= 15 is 0 Å². The number of anilines is 9. The van der Waals surface area contributed by atoms with E-state index in [2.05, 4.69) is 72.4 Å². The summed E-state index contributed by atoms with van der Waals surface area (Å²) in [5.41, 5.74) is 7.66. The van der Waals surface area contributed by atoms with E-state index in [-0.39, 0.29) is 120 Å². The zero-order valence-corrected chi connectivity index (χ0v) is 62.1. The van der Waals surface area contributed by atoms with Gasteiger partial charge in [0.15, 0.2) is 11.4 Å². The van der Waals surface area contributed by atoms with E-state index in [1.165, 1.54) is 82.6 Å². The van der Waals surface area contributed by atoms with Gasteiger partial charge in [-0.25, -0.2) is 77.6 Å². The van der Waals surface area contributed by atoms with Gasteiger partial charge in [-0.15, -0.1) is 0 Å². The molecule has 12 N–H and O–H groups in total. The standard InChI is InChI=1S/C20H20F2N4O3.C19H19F2N5O3.C19H18F2N4O3.C16H12F4IN5O3/c21-15-8-13(12-2-1-3-12)4-5-17(15)24-19-14(20(28)25-29-7-6-27)9-16(22)18-10-23-11-26(18)19;20-14-8-12(25-4-1-5-25)2-3-16(14)23-18-13(19(28)24-29-7-6-27)9-15(21)17-10-22-11-26(17)18;20-15-9-12(19(21)5-6-19)1-4-16(15)23-17-14(18(27)24-28-8-7-26)3-2-13-10-22-11-25(13)17;17-9-5-8(21)1-2-10(9)23-14-12(15(28)25-29-4-3-27)24-13(16(18,19)20)11-6-22-7-26(11)14/h4-5,8-12,24,27H,1-3,6-7H2,(H,25,28);2-3,8-11,23,27H,1,4-7H2,(H,24,28);1-4,9-11,23,26H,5-8H2,(H,24,27);1-2,5-7,23,27H,3-4H2,(H,25,28). The second kappa shape index (κ2) is 37.0. The first-order chi connectivity index (χ1) is 55.4. The maximum atomic E-state index is 14.7. The third kappa shape index (κ3) is 19.3. The number of aromatic nitrogens is 9. The molecule has 4 aromatic carbocycles. The molecule has 604 valence electrons. The highest BCUT2D eigenvalue weighted by Crippen LogP contribution is 2.50. The van der Waals surface area contributed by atoms with Crippen LogP contribution in [-0.2, 0) is 31.2 Å². The van der Waals surface area contributed by atoms with E-state index in [1.807, 2.05) is 34.1 Å². The van der Waals surface area contributed by atoms with Gasteiger partial charge in [0.2, 0.25) is 0 Å². The molecule has 41 heteroatoms. The van der Waals surface area contributed by atoms with Gasteiger partial charge in [0.25, 0.3) is 23.6 Å². The van der Waals surface area contributed by atoms with Crippen molar-refractivity contribution in [1.82, 2.24) is 64.4 Å². The fourth-order valence-corrected chi connectivity index (χ4v) is 12.2. The summed E-state index contributed by atoms with van der Waals surface area (Å²) >= 11 is 1.89. The Kier molecular flexibility index (Phi) is 26.6. The van der Waals surface area contributed by atoms with Crippen molar-refractivity contribution < 1.29 is 103 Å². The molecule has 0 bridgehead atoms. The quantitative estimate of drug-likeness (QED) is 0.00984. The monoisotopic (exact) mass is 1720 g/mol. The van der Waals surface area contributed by atoms with E-state index in [4.69, 9.17) is 34.9 Å². The molecular weight excluding hydrogens is 1650 g/mol. The van der Waals surface area contributed by atoms with Gasteiger partial charge in [-0.1, -0.05) is 18.6 Å². The maximum absolute atomic E-state index is 14.7. The van der Waals surface area contributed by atoms with E-state index in [0.717, 1.165) is 79.1 Å². The van der Waals surface area contributed by atoms with Gasteiger partial charge >= 0.3 is 6.18 Å². The molecule has 15 rings (SSSR count). The van der Waals surface area contributed by atoms with Crippen LogP contribution in [0.4, 0.5) is 95.6 Å². The minimum absolute atomic E-state index is 0.0666. The normalized spacial score (nSPS) is 13.5. The van der Waals surface area contributed by atoms with Gasteiger partial charge in [-0.3, -0.25) is 56.1 Å². The number of hydroxylamine groups is 4. The van der Waals surface area contributed by atoms with Crippen LogP contribution in [0.25, 0.3) is 22.1 Å². The first-order valence-corrected chi connectivity index (χ1v) is 36.1.